The van der Waals surface area contributed by atoms with Crippen LogP contribution in [0.1, 0.15) is 45.1 Å². The van der Waals surface area contributed by atoms with Crippen molar-refractivity contribution in [3.05, 3.63) is 35.9 Å². The Balaban J connectivity index is 1.81. The van der Waals surface area contributed by atoms with Gasteiger partial charge in [-0.2, -0.15) is 0 Å². The van der Waals surface area contributed by atoms with Gasteiger partial charge < -0.3 is 5.32 Å². The number of hydrogen-bond acceptors (Lipinski definition) is 3. The van der Waals surface area contributed by atoms with Crippen molar-refractivity contribution in [1.82, 2.24) is 9.62 Å². The molecule has 0 radical (unpaired) electrons. The largest absolute Gasteiger partial charge is 0.356 e. The van der Waals surface area contributed by atoms with Crippen LogP contribution in [0.5, 0.6) is 0 Å². The molecule has 26 heavy (non-hydrogen) atoms. The molecule has 0 unspecified atom stereocenters. The second kappa shape index (κ2) is 10.1. The quantitative estimate of drug-likeness (QED) is 0.716. The van der Waals surface area contributed by atoms with Gasteiger partial charge in [0, 0.05) is 19.6 Å². The van der Waals surface area contributed by atoms with Crippen LogP contribution >= 0.6 is 0 Å². The smallest absolute Gasteiger partial charge is 0.224 e. The van der Waals surface area contributed by atoms with E-state index in [-0.39, 0.29) is 17.6 Å². The Morgan fingerprint density at radius 1 is 1.27 bits per heavy atom. The zero-order valence-corrected chi connectivity index (χ0v) is 16.8. The first-order valence-electron chi connectivity index (χ1n) is 9.68. The number of hydrogen-bond donors (Lipinski definition) is 1. The Morgan fingerprint density at radius 3 is 2.69 bits per heavy atom. The maximum Gasteiger partial charge on any atom is 0.224 e. The summed E-state index contributed by atoms with van der Waals surface area (Å²) in [6.45, 7) is 5.76. The van der Waals surface area contributed by atoms with E-state index in [1.807, 2.05) is 30.3 Å². The van der Waals surface area contributed by atoms with Gasteiger partial charge in [-0.1, -0.05) is 44.2 Å². The van der Waals surface area contributed by atoms with E-state index in [9.17, 15) is 13.2 Å². The Morgan fingerprint density at radius 2 is 2.00 bits per heavy atom. The molecular weight excluding hydrogens is 348 g/mol. The molecule has 1 saturated heterocycles. The molecular formula is C20H32N2O3S. The summed E-state index contributed by atoms with van der Waals surface area (Å²) in [5.41, 5.74) is 1.16. The zero-order chi connectivity index (χ0) is 19.0. The van der Waals surface area contributed by atoms with Gasteiger partial charge in [-0.25, -0.2) is 12.7 Å². The summed E-state index contributed by atoms with van der Waals surface area (Å²) in [5, 5.41) is 2.96. The number of carbonyl (C=O) groups excluding carboxylic acids is 1. The SMILES string of the molecule is CC(C)CCNC(=O)[C@@H]1CCCN(S(=O)(=O)CCCc2ccccc2)C1. The highest BCUT2D eigenvalue weighted by Crippen LogP contribution is 2.20. The Kier molecular flexibility index (Phi) is 8.10. The molecule has 1 N–H and O–H groups in total. The summed E-state index contributed by atoms with van der Waals surface area (Å²) in [6.07, 6.45) is 3.82. The highest BCUT2D eigenvalue weighted by atomic mass is 32.2. The van der Waals surface area contributed by atoms with Gasteiger partial charge in [-0.3, -0.25) is 4.79 Å². The van der Waals surface area contributed by atoms with Gasteiger partial charge in [0.2, 0.25) is 15.9 Å². The molecule has 1 heterocycles. The molecule has 1 atom stereocenters. The van der Waals surface area contributed by atoms with Crippen LogP contribution in [0, 0.1) is 11.8 Å². The van der Waals surface area contributed by atoms with Crippen LogP contribution in [-0.2, 0) is 21.2 Å². The number of nitrogens with one attached hydrogen (secondary N) is 1. The fourth-order valence-electron chi connectivity index (χ4n) is 3.27. The van der Waals surface area contributed by atoms with E-state index >= 15 is 0 Å². The molecule has 1 aliphatic rings. The molecule has 0 aromatic heterocycles. The van der Waals surface area contributed by atoms with E-state index in [0.29, 0.717) is 32.0 Å². The molecule has 6 heteroatoms. The van der Waals surface area contributed by atoms with E-state index in [4.69, 9.17) is 0 Å². The number of aryl methyl sites for hydroxylation is 1. The maximum atomic E-state index is 12.6. The van der Waals surface area contributed by atoms with Crippen molar-refractivity contribution < 1.29 is 13.2 Å². The molecule has 0 saturated carbocycles. The molecule has 1 amide bonds. The fourth-order valence-corrected chi connectivity index (χ4v) is 4.85. The zero-order valence-electron chi connectivity index (χ0n) is 16.0. The Labute approximate surface area is 158 Å². The lowest BCUT2D eigenvalue weighted by Gasteiger charge is -2.31. The second-order valence-electron chi connectivity index (χ2n) is 7.58. The first kappa shape index (κ1) is 20.9. The van der Waals surface area contributed by atoms with E-state index in [0.717, 1.165) is 31.2 Å². The monoisotopic (exact) mass is 380 g/mol. The minimum atomic E-state index is -3.30. The molecule has 2 rings (SSSR count). The number of piperidine rings is 1. The minimum absolute atomic E-state index is 0.00478. The molecule has 1 aliphatic heterocycles. The Hall–Kier alpha value is -1.40. The van der Waals surface area contributed by atoms with Crippen LogP contribution < -0.4 is 5.32 Å². The summed E-state index contributed by atoms with van der Waals surface area (Å²) in [5.74, 6) is 0.460. The van der Waals surface area contributed by atoms with Gasteiger partial charge >= 0.3 is 0 Å². The van der Waals surface area contributed by atoms with Crippen molar-refractivity contribution in [1.29, 1.82) is 0 Å². The van der Waals surface area contributed by atoms with Crippen LogP contribution in [-0.4, -0.2) is 44.0 Å². The van der Waals surface area contributed by atoms with Crippen LogP contribution in [0.25, 0.3) is 0 Å². The summed E-state index contributed by atoms with van der Waals surface area (Å²) in [7, 11) is -3.30. The van der Waals surface area contributed by atoms with Crippen LogP contribution in [0.3, 0.4) is 0 Å². The topological polar surface area (TPSA) is 66.5 Å². The molecule has 146 valence electrons. The fraction of sp³-hybridized carbons (Fsp3) is 0.650. The lowest BCUT2D eigenvalue weighted by Crippen LogP contribution is -2.46. The second-order valence-corrected chi connectivity index (χ2v) is 9.66. The third kappa shape index (κ3) is 6.72. The average molecular weight is 381 g/mol. The predicted molar refractivity (Wildman–Crippen MR) is 105 cm³/mol. The minimum Gasteiger partial charge on any atom is -0.356 e. The summed E-state index contributed by atoms with van der Waals surface area (Å²) < 4.78 is 26.8. The maximum absolute atomic E-state index is 12.6. The highest BCUT2D eigenvalue weighted by molar-refractivity contribution is 7.89. The first-order valence-corrected chi connectivity index (χ1v) is 11.3. The average Bonchev–Trinajstić information content (AvgIpc) is 2.62. The van der Waals surface area contributed by atoms with Crippen molar-refractivity contribution in [2.75, 3.05) is 25.4 Å². The summed E-state index contributed by atoms with van der Waals surface area (Å²) in [4.78, 5) is 12.3. The van der Waals surface area contributed by atoms with Crippen molar-refractivity contribution in [2.24, 2.45) is 11.8 Å². The van der Waals surface area contributed by atoms with Crippen LogP contribution in [0.4, 0.5) is 0 Å². The van der Waals surface area contributed by atoms with Gasteiger partial charge in [0.05, 0.1) is 11.7 Å². The van der Waals surface area contributed by atoms with Gasteiger partial charge in [0.1, 0.15) is 0 Å². The first-order chi connectivity index (χ1) is 12.4. The van der Waals surface area contributed by atoms with Crippen molar-refractivity contribution in [3.63, 3.8) is 0 Å². The van der Waals surface area contributed by atoms with Crippen LogP contribution in [0.2, 0.25) is 0 Å². The molecule has 1 aromatic carbocycles. The van der Waals surface area contributed by atoms with Gasteiger partial charge in [0.25, 0.3) is 0 Å². The molecule has 5 nitrogen and oxygen atoms in total. The van der Waals surface area contributed by atoms with Gasteiger partial charge in [-0.15, -0.1) is 0 Å². The predicted octanol–water partition coefficient (Wildman–Crippen LogP) is 2.82. The number of nitrogens with zero attached hydrogens (tertiary/aromatic N) is 1. The number of rotatable bonds is 9. The third-order valence-electron chi connectivity index (χ3n) is 4.88. The van der Waals surface area contributed by atoms with E-state index < -0.39 is 10.0 Å². The van der Waals surface area contributed by atoms with Crippen molar-refractivity contribution in [3.8, 4) is 0 Å². The van der Waals surface area contributed by atoms with E-state index in [1.165, 1.54) is 4.31 Å². The third-order valence-corrected chi connectivity index (χ3v) is 6.80. The number of sulfonamides is 1. The number of carbonyl (C=O) groups is 1. The van der Waals surface area contributed by atoms with Gasteiger partial charge in [-0.05, 0) is 43.6 Å². The lowest BCUT2D eigenvalue weighted by molar-refractivity contribution is -0.126. The molecule has 0 bridgehead atoms. The highest BCUT2D eigenvalue weighted by Gasteiger charge is 2.31. The molecule has 0 aliphatic carbocycles. The van der Waals surface area contributed by atoms with Crippen molar-refractivity contribution in [2.45, 2.75) is 46.0 Å². The van der Waals surface area contributed by atoms with Gasteiger partial charge in [0.15, 0.2) is 0 Å². The molecule has 1 fully saturated rings. The number of amides is 1. The normalized spacial score (nSPS) is 18.8. The van der Waals surface area contributed by atoms with E-state index in [2.05, 4.69) is 19.2 Å². The molecule has 0 spiro atoms. The summed E-state index contributed by atoms with van der Waals surface area (Å²) in [6, 6.07) is 9.93. The van der Waals surface area contributed by atoms with E-state index in [1.54, 1.807) is 0 Å². The Bertz CT molecular complexity index is 659. The lowest BCUT2D eigenvalue weighted by atomic mass is 9.98. The number of benzene rings is 1. The molecule has 1 aromatic rings. The van der Waals surface area contributed by atoms with Crippen molar-refractivity contribution >= 4 is 15.9 Å². The van der Waals surface area contributed by atoms with Crippen LogP contribution in [0.15, 0.2) is 30.3 Å². The standard InChI is InChI=1S/C20H32N2O3S/c1-17(2)12-13-21-20(23)19-11-6-14-22(16-19)26(24,25)15-7-10-18-8-4-3-5-9-18/h3-5,8-9,17,19H,6-7,10-16H2,1-2H3,(H,21,23)/t19-/m1/s1. The summed E-state index contributed by atoms with van der Waals surface area (Å²) >= 11 is 0.